The maximum Gasteiger partial charge on any atom is 0.226 e. The van der Waals surface area contributed by atoms with Gasteiger partial charge in [0.05, 0.1) is 12.8 Å². The number of amides is 2. The van der Waals surface area contributed by atoms with Crippen molar-refractivity contribution in [2.24, 2.45) is 0 Å². The highest BCUT2D eigenvalue weighted by atomic mass is 35.5. The van der Waals surface area contributed by atoms with Crippen molar-refractivity contribution < 1.29 is 14.3 Å². The first-order chi connectivity index (χ1) is 12.3. The van der Waals surface area contributed by atoms with E-state index >= 15 is 0 Å². The third kappa shape index (κ3) is 4.99. The second-order valence-corrected chi connectivity index (χ2v) is 6.54. The number of halogens is 1. The van der Waals surface area contributed by atoms with Gasteiger partial charge in [-0.2, -0.15) is 0 Å². The summed E-state index contributed by atoms with van der Waals surface area (Å²) in [6, 6.07) is 10.9. The van der Waals surface area contributed by atoms with Crippen LogP contribution in [-0.4, -0.2) is 25.5 Å². The highest BCUT2D eigenvalue weighted by Crippen LogP contribution is 2.29. The fourth-order valence-corrected chi connectivity index (χ4v) is 2.79. The number of anilines is 2. The molecule has 0 aliphatic carbocycles. The average molecular weight is 375 g/mol. The van der Waals surface area contributed by atoms with E-state index < -0.39 is 0 Å². The molecule has 1 N–H and O–H groups in total. The molecule has 2 rings (SSSR count). The van der Waals surface area contributed by atoms with E-state index in [1.165, 1.54) is 6.92 Å². The maximum absolute atomic E-state index is 12.3. The van der Waals surface area contributed by atoms with Crippen LogP contribution in [0.5, 0.6) is 5.75 Å². The first-order valence-electron chi connectivity index (χ1n) is 8.30. The Hall–Kier alpha value is -2.53. The Morgan fingerprint density at radius 3 is 2.54 bits per heavy atom. The molecule has 6 heteroatoms. The molecule has 2 aromatic carbocycles. The van der Waals surface area contributed by atoms with Gasteiger partial charge in [-0.25, -0.2) is 0 Å². The van der Waals surface area contributed by atoms with Gasteiger partial charge in [-0.05, 0) is 49.2 Å². The molecule has 0 fully saturated rings. The van der Waals surface area contributed by atoms with Crippen molar-refractivity contribution in [1.82, 2.24) is 0 Å². The van der Waals surface area contributed by atoms with Crippen LogP contribution in [0.2, 0.25) is 5.02 Å². The fraction of sp³-hybridized carbons (Fsp3) is 0.300. The molecule has 0 saturated heterocycles. The van der Waals surface area contributed by atoms with Gasteiger partial charge < -0.3 is 15.0 Å². The van der Waals surface area contributed by atoms with Crippen LogP contribution < -0.4 is 15.0 Å². The summed E-state index contributed by atoms with van der Waals surface area (Å²) in [4.78, 5) is 26.0. The summed E-state index contributed by atoms with van der Waals surface area (Å²) in [6.07, 6.45) is 0.155. The van der Waals surface area contributed by atoms with Gasteiger partial charge in [0.2, 0.25) is 11.8 Å². The number of nitrogens with one attached hydrogen (secondary N) is 1. The van der Waals surface area contributed by atoms with Crippen LogP contribution in [0.25, 0.3) is 0 Å². The lowest BCUT2D eigenvalue weighted by molar-refractivity contribution is -0.117. The second kappa shape index (κ2) is 8.72. The quantitative estimate of drug-likeness (QED) is 0.817. The summed E-state index contributed by atoms with van der Waals surface area (Å²) in [6.45, 7) is 5.56. The molecule has 0 spiro atoms. The smallest absolute Gasteiger partial charge is 0.226 e. The van der Waals surface area contributed by atoms with E-state index in [-0.39, 0.29) is 24.8 Å². The van der Waals surface area contributed by atoms with Crippen LogP contribution in [0.1, 0.15) is 24.5 Å². The average Bonchev–Trinajstić information content (AvgIpc) is 2.58. The molecular weight excluding hydrogens is 352 g/mol. The molecule has 2 amide bonds. The molecule has 26 heavy (non-hydrogen) atoms. The summed E-state index contributed by atoms with van der Waals surface area (Å²) >= 11 is 5.98. The predicted molar refractivity (Wildman–Crippen MR) is 105 cm³/mol. The Morgan fingerprint density at radius 2 is 1.88 bits per heavy atom. The highest BCUT2D eigenvalue weighted by Gasteiger charge is 2.18. The first kappa shape index (κ1) is 19.8. The van der Waals surface area contributed by atoms with Crippen molar-refractivity contribution in [3.05, 3.63) is 52.5 Å². The molecule has 138 valence electrons. The monoisotopic (exact) mass is 374 g/mol. The lowest BCUT2D eigenvalue weighted by Gasteiger charge is -2.23. The van der Waals surface area contributed by atoms with Gasteiger partial charge in [0.1, 0.15) is 5.75 Å². The molecule has 0 aliphatic rings. The Labute approximate surface area is 158 Å². The molecule has 0 aliphatic heterocycles. The van der Waals surface area contributed by atoms with Gasteiger partial charge >= 0.3 is 0 Å². The molecule has 0 saturated carbocycles. The number of ether oxygens (including phenoxy) is 1. The zero-order chi connectivity index (χ0) is 19.3. The number of carbonyl (C=O) groups excluding carboxylic acids is 2. The van der Waals surface area contributed by atoms with Crippen molar-refractivity contribution in [3.63, 3.8) is 0 Å². The number of benzene rings is 2. The number of hydrogen-bond acceptors (Lipinski definition) is 3. The topological polar surface area (TPSA) is 58.6 Å². The van der Waals surface area contributed by atoms with Crippen LogP contribution in [-0.2, 0) is 9.59 Å². The summed E-state index contributed by atoms with van der Waals surface area (Å²) in [5.74, 6) is 0.255. The zero-order valence-corrected chi connectivity index (χ0v) is 16.2. The van der Waals surface area contributed by atoms with E-state index in [0.29, 0.717) is 22.1 Å². The molecule has 0 aromatic heterocycles. The highest BCUT2D eigenvalue weighted by molar-refractivity contribution is 6.31. The molecule has 0 heterocycles. The molecule has 2 aromatic rings. The molecule has 0 atom stereocenters. The molecule has 0 radical (unpaired) electrons. The van der Waals surface area contributed by atoms with Gasteiger partial charge in [-0.15, -0.1) is 0 Å². The number of nitrogens with zero attached hydrogens (tertiary/aromatic N) is 1. The van der Waals surface area contributed by atoms with Gasteiger partial charge in [0.25, 0.3) is 0 Å². The molecule has 5 nitrogen and oxygen atoms in total. The van der Waals surface area contributed by atoms with Gasteiger partial charge in [0.15, 0.2) is 0 Å². The minimum atomic E-state index is -0.187. The van der Waals surface area contributed by atoms with E-state index in [9.17, 15) is 9.59 Å². The lowest BCUT2D eigenvalue weighted by Crippen LogP contribution is -2.32. The summed E-state index contributed by atoms with van der Waals surface area (Å²) in [7, 11) is 1.56. The van der Waals surface area contributed by atoms with Crippen molar-refractivity contribution in [3.8, 4) is 5.75 Å². The number of carbonyl (C=O) groups is 2. The minimum Gasteiger partial charge on any atom is -0.495 e. The van der Waals surface area contributed by atoms with E-state index in [1.807, 2.05) is 38.1 Å². The predicted octanol–water partition coefficient (Wildman–Crippen LogP) is 4.35. The van der Waals surface area contributed by atoms with Crippen molar-refractivity contribution in [2.45, 2.75) is 27.2 Å². The third-order valence-corrected chi connectivity index (χ3v) is 4.28. The normalized spacial score (nSPS) is 10.3. The van der Waals surface area contributed by atoms with E-state index in [0.717, 1.165) is 11.1 Å². The Balaban J connectivity index is 2.12. The first-order valence-corrected chi connectivity index (χ1v) is 8.68. The van der Waals surface area contributed by atoms with Crippen LogP contribution >= 0.6 is 11.6 Å². The Bertz CT molecular complexity index is 821. The number of aryl methyl sites for hydroxylation is 2. The van der Waals surface area contributed by atoms with Crippen LogP contribution in [0.4, 0.5) is 11.4 Å². The second-order valence-electron chi connectivity index (χ2n) is 6.10. The molecule has 0 bridgehead atoms. The largest absolute Gasteiger partial charge is 0.495 e. The zero-order valence-electron chi connectivity index (χ0n) is 15.4. The molecule has 0 unspecified atom stereocenters. The summed E-state index contributed by atoms with van der Waals surface area (Å²) in [5.41, 5.74) is 3.26. The van der Waals surface area contributed by atoms with Gasteiger partial charge in [0, 0.05) is 30.6 Å². The van der Waals surface area contributed by atoms with Crippen molar-refractivity contribution in [1.29, 1.82) is 0 Å². The minimum absolute atomic E-state index is 0.152. The maximum atomic E-state index is 12.3. The number of hydrogen-bond donors (Lipinski definition) is 1. The van der Waals surface area contributed by atoms with E-state index in [4.69, 9.17) is 16.3 Å². The van der Waals surface area contributed by atoms with Crippen LogP contribution in [0.3, 0.4) is 0 Å². The van der Waals surface area contributed by atoms with E-state index in [1.54, 1.807) is 24.1 Å². The fourth-order valence-electron chi connectivity index (χ4n) is 2.61. The Kier molecular flexibility index (Phi) is 6.64. The van der Waals surface area contributed by atoms with Crippen molar-refractivity contribution >= 4 is 34.8 Å². The van der Waals surface area contributed by atoms with Gasteiger partial charge in [-0.3, -0.25) is 9.59 Å². The summed E-state index contributed by atoms with van der Waals surface area (Å²) in [5, 5.41) is 3.40. The van der Waals surface area contributed by atoms with Crippen LogP contribution in [0, 0.1) is 13.8 Å². The standard InChI is InChI=1S/C20H23ClN2O3/c1-13-5-8-19(26-4)18(11-13)23(15(3)24)10-9-20(25)22-17-12-16(21)7-6-14(17)2/h5-8,11-12H,9-10H2,1-4H3,(H,22,25). The third-order valence-electron chi connectivity index (χ3n) is 4.04. The SMILES string of the molecule is COc1ccc(C)cc1N(CCC(=O)Nc1cc(Cl)ccc1C)C(C)=O. The summed E-state index contributed by atoms with van der Waals surface area (Å²) < 4.78 is 5.35. The number of rotatable bonds is 6. The lowest BCUT2D eigenvalue weighted by atomic mass is 10.1. The van der Waals surface area contributed by atoms with E-state index in [2.05, 4.69) is 5.32 Å². The van der Waals surface area contributed by atoms with Crippen molar-refractivity contribution in [2.75, 3.05) is 23.9 Å². The van der Waals surface area contributed by atoms with Gasteiger partial charge in [-0.1, -0.05) is 23.7 Å². The molecular formula is C20H23ClN2O3. The number of methoxy groups -OCH3 is 1. The Morgan fingerprint density at radius 1 is 1.15 bits per heavy atom. The van der Waals surface area contributed by atoms with Crippen LogP contribution in [0.15, 0.2) is 36.4 Å².